The van der Waals surface area contributed by atoms with Gasteiger partial charge < -0.3 is 5.32 Å². The van der Waals surface area contributed by atoms with E-state index < -0.39 is 0 Å². The molecule has 0 amide bonds. The van der Waals surface area contributed by atoms with E-state index in [1.54, 1.807) is 24.5 Å². The number of aromatic nitrogens is 1. The fraction of sp³-hybridized carbons (Fsp3) is 0.160. The van der Waals surface area contributed by atoms with Gasteiger partial charge in [0.25, 0.3) is 0 Å². The second-order valence-electron chi connectivity index (χ2n) is 6.93. The van der Waals surface area contributed by atoms with Gasteiger partial charge in [-0.25, -0.2) is 14.4 Å². The van der Waals surface area contributed by atoms with Crippen LogP contribution in [-0.2, 0) is 6.54 Å². The van der Waals surface area contributed by atoms with Crippen molar-refractivity contribution in [2.24, 2.45) is 20.0 Å². The molecule has 1 aromatic heterocycles. The van der Waals surface area contributed by atoms with Crippen LogP contribution in [0.15, 0.2) is 98.1 Å². The molecule has 1 aromatic carbocycles. The smallest absolute Gasteiger partial charge is 0.154 e. The minimum Gasteiger partial charge on any atom is -0.364 e. The summed E-state index contributed by atoms with van der Waals surface area (Å²) in [7, 11) is 0. The summed E-state index contributed by atoms with van der Waals surface area (Å²) in [4.78, 5) is 21.5. The van der Waals surface area contributed by atoms with Gasteiger partial charge in [-0.2, -0.15) is 0 Å². The predicted octanol–water partition coefficient (Wildman–Crippen LogP) is 4.78. The lowest BCUT2D eigenvalue weighted by Gasteiger charge is -2.20. The van der Waals surface area contributed by atoms with Crippen LogP contribution in [0, 0.1) is 5.82 Å². The van der Waals surface area contributed by atoms with Gasteiger partial charge in [0, 0.05) is 23.5 Å². The van der Waals surface area contributed by atoms with Crippen LogP contribution in [-0.4, -0.2) is 36.3 Å². The predicted molar refractivity (Wildman–Crippen MR) is 131 cm³/mol. The Hall–Kier alpha value is -4.00. The van der Waals surface area contributed by atoms with Gasteiger partial charge in [-0.15, -0.1) is 0 Å². The van der Waals surface area contributed by atoms with E-state index in [1.807, 2.05) is 44.2 Å². The van der Waals surface area contributed by atoms with Crippen LogP contribution >= 0.6 is 0 Å². The van der Waals surface area contributed by atoms with Crippen LogP contribution in [0.3, 0.4) is 0 Å². The van der Waals surface area contributed by atoms with Crippen molar-refractivity contribution in [3.05, 3.63) is 95.2 Å². The normalized spacial score (nSPS) is 16.2. The third-order valence-electron chi connectivity index (χ3n) is 4.64. The maximum Gasteiger partial charge on any atom is 0.154 e. The van der Waals surface area contributed by atoms with E-state index in [1.165, 1.54) is 18.5 Å². The molecular formula is C25H25FN6. The number of rotatable bonds is 7. The van der Waals surface area contributed by atoms with Crippen molar-refractivity contribution in [1.29, 1.82) is 0 Å². The van der Waals surface area contributed by atoms with Crippen molar-refractivity contribution >= 4 is 30.3 Å². The van der Waals surface area contributed by atoms with Crippen molar-refractivity contribution in [3.63, 3.8) is 0 Å². The fourth-order valence-electron chi connectivity index (χ4n) is 3.10. The summed E-state index contributed by atoms with van der Waals surface area (Å²) in [5, 5.41) is 3.41. The number of hydrogen-bond donors (Lipinski definition) is 1. The SMILES string of the molecule is C=N/C=N\C=C(/C)C1=NC/C(=C(\C=C/C)c2ccc(F)cc2)C(NCc2ccccn2)=N1. The average Bonchev–Trinajstić information content (AvgIpc) is 2.82. The molecule has 6 nitrogen and oxygen atoms in total. The Labute approximate surface area is 187 Å². The van der Waals surface area contributed by atoms with Crippen LogP contribution in [0.2, 0.25) is 0 Å². The lowest BCUT2D eigenvalue weighted by molar-refractivity contribution is 0.627. The first-order chi connectivity index (χ1) is 15.6. The molecule has 0 spiro atoms. The molecule has 0 radical (unpaired) electrons. The third-order valence-corrected chi connectivity index (χ3v) is 4.64. The van der Waals surface area contributed by atoms with Crippen molar-refractivity contribution in [3.8, 4) is 0 Å². The summed E-state index contributed by atoms with van der Waals surface area (Å²) >= 11 is 0. The average molecular weight is 429 g/mol. The topological polar surface area (TPSA) is 74.4 Å². The summed E-state index contributed by atoms with van der Waals surface area (Å²) in [6.45, 7) is 8.13. The van der Waals surface area contributed by atoms with Crippen molar-refractivity contribution in [1.82, 2.24) is 10.3 Å². The number of halogens is 1. The number of nitrogens with zero attached hydrogens (tertiary/aromatic N) is 5. The van der Waals surface area contributed by atoms with E-state index in [4.69, 9.17) is 4.99 Å². The maximum atomic E-state index is 13.5. The van der Waals surface area contributed by atoms with E-state index in [0.29, 0.717) is 24.8 Å². The number of allylic oxidation sites excluding steroid dienone is 3. The highest BCUT2D eigenvalue weighted by atomic mass is 19.1. The number of benzene rings is 1. The van der Waals surface area contributed by atoms with Crippen molar-refractivity contribution in [2.45, 2.75) is 20.4 Å². The highest BCUT2D eigenvalue weighted by molar-refractivity contribution is 6.16. The van der Waals surface area contributed by atoms with Crippen molar-refractivity contribution < 1.29 is 4.39 Å². The Kier molecular flexibility index (Phi) is 8.09. The molecule has 1 aliphatic rings. The van der Waals surface area contributed by atoms with E-state index in [2.05, 4.69) is 32.0 Å². The monoisotopic (exact) mass is 428 g/mol. The standard InChI is InChI=1S/C25H25FN6/c1-4-7-22(19-9-11-20(26)12-10-19)23-16-31-24(18(2)14-28-17-27-3)32-25(23)30-15-21-8-5-6-13-29-21/h4-14,17H,3,15-16H2,1-2H3,(H,30,31,32)/b7-4-,18-14+,23-22-,28-17-. The second-order valence-corrected chi connectivity index (χ2v) is 6.93. The number of pyridine rings is 1. The lowest BCUT2D eigenvalue weighted by atomic mass is 9.97. The fourth-order valence-corrected chi connectivity index (χ4v) is 3.10. The summed E-state index contributed by atoms with van der Waals surface area (Å²) in [5.74, 6) is 0.995. The van der Waals surface area contributed by atoms with E-state index in [9.17, 15) is 4.39 Å². The highest BCUT2D eigenvalue weighted by Crippen LogP contribution is 2.24. The quantitative estimate of drug-likeness (QED) is 0.509. The van der Waals surface area contributed by atoms with Gasteiger partial charge in [0.05, 0.1) is 18.8 Å². The minimum atomic E-state index is -0.278. The number of nitrogens with one attached hydrogen (secondary N) is 1. The molecule has 0 aliphatic carbocycles. The van der Waals surface area contributed by atoms with Crippen LogP contribution in [0.1, 0.15) is 25.1 Å². The molecule has 162 valence electrons. The van der Waals surface area contributed by atoms with Gasteiger partial charge in [-0.05, 0) is 56.0 Å². The van der Waals surface area contributed by atoms with Crippen molar-refractivity contribution in [2.75, 3.05) is 6.54 Å². The number of hydrogen-bond acceptors (Lipinski definition) is 5. The molecule has 2 heterocycles. The molecule has 3 rings (SSSR count). The molecule has 1 N–H and O–H groups in total. The zero-order chi connectivity index (χ0) is 22.8. The first kappa shape index (κ1) is 22.7. The summed E-state index contributed by atoms with van der Waals surface area (Å²) in [6.07, 6.45) is 8.70. The molecule has 0 atom stereocenters. The van der Waals surface area contributed by atoms with Crippen LogP contribution < -0.4 is 5.32 Å². The molecular weight excluding hydrogens is 403 g/mol. The zero-order valence-corrected chi connectivity index (χ0v) is 18.2. The van der Waals surface area contributed by atoms with E-state index >= 15 is 0 Å². The molecule has 0 unspecified atom stereocenters. The van der Waals surface area contributed by atoms with Crippen LogP contribution in [0.25, 0.3) is 5.57 Å². The molecule has 32 heavy (non-hydrogen) atoms. The summed E-state index contributed by atoms with van der Waals surface area (Å²) in [5.41, 5.74) is 4.42. The molecule has 7 heteroatoms. The van der Waals surface area contributed by atoms with Gasteiger partial charge in [0.1, 0.15) is 18.0 Å². The van der Waals surface area contributed by atoms with Gasteiger partial charge in [0.15, 0.2) is 5.84 Å². The maximum absolute atomic E-state index is 13.5. The summed E-state index contributed by atoms with van der Waals surface area (Å²) in [6, 6.07) is 12.2. The van der Waals surface area contributed by atoms with Gasteiger partial charge >= 0.3 is 0 Å². The Morgan fingerprint density at radius 1 is 1.22 bits per heavy atom. The Morgan fingerprint density at radius 3 is 2.72 bits per heavy atom. The number of amidine groups is 2. The molecule has 1 aliphatic heterocycles. The number of aliphatic imine (C=N–C) groups is 4. The van der Waals surface area contributed by atoms with Crippen LogP contribution in [0.5, 0.6) is 0 Å². The Bertz CT molecular complexity index is 1120. The molecule has 0 fully saturated rings. The molecule has 0 saturated heterocycles. The van der Waals surface area contributed by atoms with Crippen LogP contribution in [0.4, 0.5) is 4.39 Å². The van der Waals surface area contributed by atoms with E-state index in [0.717, 1.165) is 28.0 Å². The lowest BCUT2D eigenvalue weighted by Crippen LogP contribution is -2.31. The first-order valence-corrected chi connectivity index (χ1v) is 10.2. The van der Waals surface area contributed by atoms with E-state index in [-0.39, 0.29) is 5.82 Å². The molecule has 2 aromatic rings. The molecule has 0 saturated carbocycles. The summed E-state index contributed by atoms with van der Waals surface area (Å²) < 4.78 is 13.5. The van der Waals surface area contributed by atoms with Gasteiger partial charge in [-0.1, -0.05) is 30.4 Å². The van der Waals surface area contributed by atoms with Gasteiger partial charge in [-0.3, -0.25) is 15.0 Å². The van der Waals surface area contributed by atoms with Gasteiger partial charge in [0.2, 0.25) is 0 Å². The third kappa shape index (κ3) is 6.01. The highest BCUT2D eigenvalue weighted by Gasteiger charge is 2.19. The Balaban J connectivity index is 2.03. The largest absolute Gasteiger partial charge is 0.364 e. The second kappa shape index (κ2) is 11.4. The first-order valence-electron chi connectivity index (χ1n) is 10.2. The Morgan fingerprint density at radius 2 is 2.03 bits per heavy atom. The minimum absolute atomic E-state index is 0.278. The molecule has 0 bridgehead atoms. The zero-order valence-electron chi connectivity index (χ0n) is 18.2.